The van der Waals surface area contributed by atoms with Gasteiger partial charge < -0.3 is 9.47 Å². The molecule has 136 valence electrons. The van der Waals surface area contributed by atoms with Crippen molar-refractivity contribution in [1.29, 1.82) is 5.26 Å². The van der Waals surface area contributed by atoms with Crippen LogP contribution >= 0.6 is 22.6 Å². The van der Waals surface area contributed by atoms with Gasteiger partial charge in [0.15, 0.2) is 11.5 Å². The van der Waals surface area contributed by atoms with Crippen LogP contribution in [-0.2, 0) is 0 Å². The van der Waals surface area contributed by atoms with E-state index in [0.29, 0.717) is 17.1 Å². The van der Waals surface area contributed by atoms with E-state index in [9.17, 15) is 9.18 Å². The predicted octanol–water partition coefficient (Wildman–Crippen LogP) is 3.09. The van der Waals surface area contributed by atoms with Gasteiger partial charge in [-0.05, 0) is 58.5 Å². The first-order valence-electron chi connectivity index (χ1n) is 7.47. The summed E-state index contributed by atoms with van der Waals surface area (Å²) >= 11 is 2.06. The van der Waals surface area contributed by atoms with Crippen LogP contribution < -0.4 is 14.9 Å². The van der Waals surface area contributed by atoms with Gasteiger partial charge in [0.25, 0.3) is 5.91 Å². The van der Waals surface area contributed by atoms with Crippen molar-refractivity contribution in [1.82, 2.24) is 5.43 Å². The van der Waals surface area contributed by atoms with Crippen molar-refractivity contribution in [3.63, 3.8) is 0 Å². The summed E-state index contributed by atoms with van der Waals surface area (Å²) in [5, 5.41) is 12.5. The zero-order valence-corrected chi connectivity index (χ0v) is 16.3. The zero-order chi connectivity index (χ0) is 19.8. The molecule has 8 heteroatoms. The maximum absolute atomic E-state index is 13.8. The quantitative estimate of drug-likeness (QED) is 0.300. The van der Waals surface area contributed by atoms with E-state index in [1.807, 2.05) is 0 Å². The number of halogens is 2. The third-order valence-corrected chi connectivity index (χ3v) is 4.08. The van der Waals surface area contributed by atoms with E-state index in [-0.39, 0.29) is 17.7 Å². The van der Waals surface area contributed by atoms with Gasteiger partial charge in [0.05, 0.1) is 34.1 Å². The van der Waals surface area contributed by atoms with Gasteiger partial charge in [-0.3, -0.25) is 4.79 Å². The molecular formula is C19H13FIN3O3. The summed E-state index contributed by atoms with van der Waals surface area (Å²) in [6, 6.07) is 8.77. The van der Waals surface area contributed by atoms with Crippen LogP contribution in [0, 0.1) is 33.1 Å². The molecule has 0 heterocycles. The second-order valence-corrected chi connectivity index (χ2v) is 6.19. The molecule has 2 aromatic rings. The Hall–Kier alpha value is -3.11. The van der Waals surface area contributed by atoms with Gasteiger partial charge >= 0.3 is 0 Å². The number of hydrogen-bond acceptors (Lipinski definition) is 5. The van der Waals surface area contributed by atoms with Crippen LogP contribution in [0.25, 0.3) is 0 Å². The van der Waals surface area contributed by atoms with Crippen molar-refractivity contribution in [3.05, 3.63) is 56.4 Å². The normalized spacial score (nSPS) is 10.1. The standard InChI is InChI=1S/C19H13FIN3O3/c1-3-6-27-18-16(21)8-13(9-17(18)26-2)11-23-24-19(25)14-5-4-12(10-22)7-15(14)20/h1,4-5,7-9,11H,6H2,2H3,(H,24,25)/b23-11-. The van der Waals surface area contributed by atoms with Crippen molar-refractivity contribution in [2.24, 2.45) is 5.10 Å². The molecule has 0 saturated heterocycles. The van der Waals surface area contributed by atoms with Crippen LogP contribution in [0.1, 0.15) is 21.5 Å². The average molecular weight is 477 g/mol. The lowest BCUT2D eigenvalue weighted by molar-refractivity contribution is 0.0951. The molecule has 27 heavy (non-hydrogen) atoms. The molecule has 2 rings (SSSR count). The Balaban J connectivity index is 2.14. The summed E-state index contributed by atoms with van der Waals surface area (Å²) in [6.07, 6.45) is 6.58. The molecule has 6 nitrogen and oxygen atoms in total. The lowest BCUT2D eigenvalue weighted by Gasteiger charge is -2.11. The number of benzene rings is 2. The molecule has 0 aromatic heterocycles. The lowest BCUT2D eigenvalue weighted by Crippen LogP contribution is -2.19. The molecule has 2 aromatic carbocycles. The highest BCUT2D eigenvalue weighted by atomic mass is 127. The van der Waals surface area contributed by atoms with Crippen molar-refractivity contribution >= 4 is 34.7 Å². The van der Waals surface area contributed by atoms with Crippen molar-refractivity contribution in [2.45, 2.75) is 0 Å². The van der Waals surface area contributed by atoms with Gasteiger partial charge in [-0.25, -0.2) is 9.82 Å². The molecule has 0 saturated carbocycles. The van der Waals surface area contributed by atoms with Crippen LogP contribution in [0.2, 0.25) is 0 Å². The largest absolute Gasteiger partial charge is 0.493 e. The minimum Gasteiger partial charge on any atom is -0.493 e. The van der Waals surface area contributed by atoms with Gasteiger partial charge in [0, 0.05) is 0 Å². The Labute approximate surface area is 169 Å². The Morgan fingerprint density at radius 3 is 2.85 bits per heavy atom. The lowest BCUT2D eigenvalue weighted by atomic mass is 10.1. The number of hydrazone groups is 1. The maximum Gasteiger partial charge on any atom is 0.274 e. The summed E-state index contributed by atoms with van der Waals surface area (Å²) in [5.41, 5.74) is 2.78. The number of methoxy groups -OCH3 is 1. The van der Waals surface area contributed by atoms with Crippen LogP contribution in [0.4, 0.5) is 4.39 Å². The molecular weight excluding hydrogens is 464 g/mol. The number of nitriles is 1. The Morgan fingerprint density at radius 1 is 1.44 bits per heavy atom. The highest BCUT2D eigenvalue weighted by Gasteiger charge is 2.12. The van der Waals surface area contributed by atoms with Gasteiger partial charge in [0.2, 0.25) is 0 Å². The maximum atomic E-state index is 13.8. The van der Waals surface area contributed by atoms with Gasteiger partial charge in [-0.1, -0.05) is 5.92 Å². The monoisotopic (exact) mass is 477 g/mol. The molecule has 0 atom stereocenters. The third-order valence-electron chi connectivity index (χ3n) is 3.27. The van der Waals surface area contributed by atoms with Crippen LogP contribution in [0.15, 0.2) is 35.4 Å². The summed E-state index contributed by atoms with van der Waals surface area (Å²) in [4.78, 5) is 12.0. The molecule has 1 amide bonds. The third kappa shape index (κ3) is 5.19. The van der Waals surface area contributed by atoms with Crippen LogP contribution in [0.3, 0.4) is 0 Å². The number of carbonyl (C=O) groups excluding carboxylic acids is 1. The molecule has 0 spiro atoms. The Morgan fingerprint density at radius 2 is 2.22 bits per heavy atom. The fourth-order valence-electron chi connectivity index (χ4n) is 2.06. The molecule has 0 aliphatic rings. The number of terminal acetylenes is 1. The van der Waals surface area contributed by atoms with E-state index in [4.69, 9.17) is 21.2 Å². The zero-order valence-electron chi connectivity index (χ0n) is 14.1. The fraction of sp³-hybridized carbons (Fsp3) is 0.105. The smallest absolute Gasteiger partial charge is 0.274 e. The van der Waals surface area contributed by atoms with Crippen LogP contribution in [0.5, 0.6) is 11.5 Å². The fourth-order valence-corrected chi connectivity index (χ4v) is 2.84. The minimum absolute atomic E-state index is 0.103. The number of carbonyl (C=O) groups is 1. The van der Waals surface area contributed by atoms with Crippen molar-refractivity contribution in [3.8, 4) is 29.9 Å². The number of hydrogen-bond donors (Lipinski definition) is 1. The SMILES string of the molecule is C#CCOc1c(I)cc(/C=N\NC(=O)c2ccc(C#N)cc2F)cc1OC. The van der Waals surface area contributed by atoms with Crippen LogP contribution in [-0.4, -0.2) is 25.8 Å². The Bertz CT molecular complexity index is 977. The summed E-state index contributed by atoms with van der Waals surface area (Å²) in [5.74, 6) is 1.82. The molecule has 1 N–H and O–H groups in total. The molecule has 0 bridgehead atoms. The molecule has 0 aliphatic heterocycles. The predicted molar refractivity (Wildman–Crippen MR) is 106 cm³/mol. The molecule has 0 fully saturated rings. The average Bonchev–Trinajstić information content (AvgIpc) is 2.66. The van der Waals surface area contributed by atoms with E-state index in [2.05, 4.69) is 39.0 Å². The molecule has 0 aliphatic carbocycles. The molecule has 0 unspecified atom stereocenters. The first-order chi connectivity index (χ1) is 13.0. The van der Waals surface area contributed by atoms with E-state index in [1.165, 1.54) is 25.5 Å². The number of ether oxygens (including phenoxy) is 2. The summed E-state index contributed by atoms with van der Waals surface area (Å²) < 4.78 is 25.3. The van der Waals surface area contributed by atoms with E-state index >= 15 is 0 Å². The van der Waals surface area contributed by atoms with Gasteiger partial charge in [-0.2, -0.15) is 10.4 Å². The number of nitrogens with one attached hydrogen (secondary N) is 1. The summed E-state index contributed by atoms with van der Waals surface area (Å²) in [7, 11) is 1.49. The number of amides is 1. The Kier molecular flexibility index (Phi) is 7.15. The summed E-state index contributed by atoms with van der Waals surface area (Å²) in [6.45, 7) is 0.103. The first kappa shape index (κ1) is 20.2. The van der Waals surface area contributed by atoms with Crippen molar-refractivity contribution < 1.29 is 18.7 Å². The first-order valence-corrected chi connectivity index (χ1v) is 8.55. The highest BCUT2D eigenvalue weighted by molar-refractivity contribution is 14.1. The van der Waals surface area contributed by atoms with Gasteiger partial charge in [0.1, 0.15) is 12.4 Å². The molecule has 0 radical (unpaired) electrons. The second kappa shape index (κ2) is 9.55. The van der Waals surface area contributed by atoms with E-state index in [0.717, 1.165) is 9.64 Å². The van der Waals surface area contributed by atoms with E-state index < -0.39 is 11.7 Å². The topological polar surface area (TPSA) is 83.7 Å². The highest BCUT2D eigenvalue weighted by Crippen LogP contribution is 2.33. The van der Waals surface area contributed by atoms with Crippen molar-refractivity contribution in [2.75, 3.05) is 13.7 Å². The number of nitrogens with zero attached hydrogens (tertiary/aromatic N) is 2. The minimum atomic E-state index is -0.798. The van der Waals surface area contributed by atoms with Gasteiger partial charge in [-0.15, -0.1) is 6.42 Å². The second-order valence-electron chi connectivity index (χ2n) is 5.03. The number of rotatable bonds is 6. The van der Waals surface area contributed by atoms with E-state index in [1.54, 1.807) is 18.2 Å².